The number of ether oxygens (including phenoxy) is 1. The Hall–Kier alpha value is -1.02. The summed E-state index contributed by atoms with van der Waals surface area (Å²) in [5.74, 6) is 0. The molecule has 0 radical (unpaired) electrons. The number of para-hydroxylation sites is 1. The number of benzene rings is 1. The van der Waals surface area contributed by atoms with Gasteiger partial charge in [0.2, 0.25) is 0 Å². The second-order valence-electron chi connectivity index (χ2n) is 4.52. The fraction of sp³-hybridized carbons (Fsp3) is 0.500. The zero-order chi connectivity index (χ0) is 9.76. The molecule has 0 aliphatic carbocycles. The van der Waals surface area contributed by atoms with Gasteiger partial charge in [0.05, 0.1) is 6.61 Å². The monoisotopic (exact) mass is 189 g/mol. The zero-order valence-electron chi connectivity index (χ0n) is 8.66. The Labute approximate surface area is 84.5 Å². The Balaban J connectivity index is 2.21. The van der Waals surface area contributed by atoms with E-state index >= 15 is 0 Å². The minimum Gasteiger partial charge on any atom is -0.357 e. The summed E-state index contributed by atoms with van der Waals surface area (Å²) in [6, 6.07) is 8.64. The van der Waals surface area contributed by atoms with E-state index in [4.69, 9.17) is 4.74 Å². The van der Waals surface area contributed by atoms with E-state index in [0.717, 1.165) is 13.0 Å². The molecule has 0 saturated carbocycles. The van der Waals surface area contributed by atoms with E-state index in [0.29, 0.717) is 0 Å². The Kier molecular flexibility index (Phi) is 1.49. The molecule has 0 spiro atoms. The predicted molar refractivity (Wildman–Crippen MR) is 56.6 cm³/mol. The first-order valence-corrected chi connectivity index (χ1v) is 5.17. The quantitative estimate of drug-likeness (QED) is 0.620. The van der Waals surface area contributed by atoms with Crippen LogP contribution in [-0.2, 0) is 10.2 Å². The van der Waals surface area contributed by atoms with Crippen LogP contribution in [0.5, 0.6) is 0 Å². The maximum atomic E-state index is 5.80. The van der Waals surface area contributed by atoms with Gasteiger partial charge in [0.15, 0.2) is 0 Å². The highest BCUT2D eigenvalue weighted by Gasteiger charge is 2.50. The summed E-state index contributed by atoms with van der Waals surface area (Å²) in [5, 5.41) is 0. The third-order valence-electron chi connectivity index (χ3n) is 3.69. The van der Waals surface area contributed by atoms with E-state index in [2.05, 4.69) is 43.1 Å². The predicted octanol–water partition coefficient (Wildman–Crippen LogP) is 2.14. The van der Waals surface area contributed by atoms with Crippen molar-refractivity contribution >= 4 is 5.69 Å². The first kappa shape index (κ1) is 8.30. The Morgan fingerprint density at radius 1 is 1.43 bits per heavy atom. The number of rotatable bonds is 0. The molecule has 2 aliphatic rings. The van der Waals surface area contributed by atoms with E-state index in [1.807, 2.05) is 0 Å². The van der Waals surface area contributed by atoms with Crippen LogP contribution in [0.1, 0.15) is 18.9 Å². The first-order valence-electron chi connectivity index (χ1n) is 5.17. The molecule has 14 heavy (non-hydrogen) atoms. The van der Waals surface area contributed by atoms with Crippen molar-refractivity contribution in [2.45, 2.75) is 25.0 Å². The molecule has 2 nitrogen and oxygen atoms in total. The van der Waals surface area contributed by atoms with Crippen molar-refractivity contribution in [1.29, 1.82) is 0 Å². The van der Waals surface area contributed by atoms with Crippen molar-refractivity contribution in [3.63, 3.8) is 0 Å². The lowest BCUT2D eigenvalue weighted by molar-refractivity contribution is 0.0920. The molecule has 1 saturated heterocycles. The van der Waals surface area contributed by atoms with Crippen molar-refractivity contribution in [3.8, 4) is 0 Å². The normalized spacial score (nSPS) is 34.4. The second-order valence-corrected chi connectivity index (χ2v) is 4.52. The summed E-state index contributed by atoms with van der Waals surface area (Å²) in [7, 11) is 2.13. The summed E-state index contributed by atoms with van der Waals surface area (Å²) >= 11 is 0. The summed E-state index contributed by atoms with van der Waals surface area (Å²) in [5.41, 5.74) is 3.00. The highest BCUT2D eigenvalue weighted by molar-refractivity contribution is 5.63. The lowest BCUT2D eigenvalue weighted by Gasteiger charge is -2.26. The fourth-order valence-electron chi connectivity index (χ4n) is 2.89. The van der Waals surface area contributed by atoms with Crippen molar-refractivity contribution in [1.82, 2.24) is 0 Å². The van der Waals surface area contributed by atoms with Crippen LogP contribution in [0.4, 0.5) is 5.69 Å². The van der Waals surface area contributed by atoms with Crippen molar-refractivity contribution in [2.75, 3.05) is 18.6 Å². The third kappa shape index (κ3) is 0.800. The number of likely N-dealkylation sites (N-methyl/N-ethyl adjacent to an activating group) is 1. The van der Waals surface area contributed by atoms with Gasteiger partial charge in [-0.15, -0.1) is 0 Å². The molecule has 0 bridgehead atoms. The number of hydrogen-bond donors (Lipinski definition) is 0. The van der Waals surface area contributed by atoms with Gasteiger partial charge in [0.25, 0.3) is 0 Å². The average molecular weight is 189 g/mol. The second kappa shape index (κ2) is 2.51. The lowest BCUT2D eigenvalue weighted by Crippen LogP contribution is -2.37. The van der Waals surface area contributed by atoms with Gasteiger partial charge in [-0.2, -0.15) is 0 Å². The topological polar surface area (TPSA) is 12.5 Å². The number of nitrogens with zero attached hydrogens (tertiary/aromatic N) is 1. The largest absolute Gasteiger partial charge is 0.357 e. The van der Waals surface area contributed by atoms with Gasteiger partial charge in [-0.05, 0) is 18.1 Å². The van der Waals surface area contributed by atoms with Crippen LogP contribution in [0.2, 0.25) is 0 Å². The van der Waals surface area contributed by atoms with E-state index < -0.39 is 0 Å². The van der Waals surface area contributed by atoms with Gasteiger partial charge >= 0.3 is 0 Å². The maximum absolute atomic E-state index is 5.80. The SMILES string of the molecule is CN1c2ccccc2[C@]2(C)CCO[C@H]12. The highest BCUT2D eigenvalue weighted by Crippen LogP contribution is 2.49. The van der Waals surface area contributed by atoms with Gasteiger partial charge in [-0.3, -0.25) is 0 Å². The van der Waals surface area contributed by atoms with Crippen LogP contribution in [-0.4, -0.2) is 19.9 Å². The summed E-state index contributed by atoms with van der Waals surface area (Å²) < 4.78 is 5.80. The van der Waals surface area contributed by atoms with Gasteiger partial charge in [0, 0.05) is 18.2 Å². The minimum absolute atomic E-state index is 0.214. The maximum Gasteiger partial charge on any atom is 0.139 e. The molecule has 1 aromatic carbocycles. The molecule has 0 amide bonds. The van der Waals surface area contributed by atoms with Gasteiger partial charge in [0.1, 0.15) is 6.23 Å². The lowest BCUT2D eigenvalue weighted by atomic mass is 9.82. The molecule has 3 rings (SSSR count). The Bertz CT molecular complexity index is 376. The van der Waals surface area contributed by atoms with Crippen LogP contribution in [0.15, 0.2) is 24.3 Å². The van der Waals surface area contributed by atoms with Crippen LogP contribution >= 0.6 is 0 Å². The Morgan fingerprint density at radius 2 is 2.21 bits per heavy atom. The van der Waals surface area contributed by atoms with Gasteiger partial charge in [-0.25, -0.2) is 0 Å². The van der Waals surface area contributed by atoms with Crippen molar-refractivity contribution < 1.29 is 4.74 Å². The standard InChI is InChI=1S/C12H15NO/c1-12-7-8-14-11(12)13(2)10-6-4-3-5-9(10)12/h3-6,11H,7-8H2,1-2H3/t11-,12-/m0/s1. The molecule has 1 aromatic rings. The molecule has 2 heterocycles. The van der Waals surface area contributed by atoms with Crippen molar-refractivity contribution in [3.05, 3.63) is 29.8 Å². The molecule has 74 valence electrons. The molecular formula is C12H15NO. The van der Waals surface area contributed by atoms with Crippen LogP contribution in [0.3, 0.4) is 0 Å². The van der Waals surface area contributed by atoms with Crippen LogP contribution < -0.4 is 4.90 Å². The molecule has 2 atom stereocenters. The molecule has 2 aliphatic heterocycles. The number of hydrogen-bond acceptors (Lipinski definition) is 2. The molecule has 2 heteroatoms. The van der Waals surface area contributed by atoms with E-state index in [-0.39, 0.29) is 11.6 Å². The average Bonchev–Trinajstić information content (AvgIpc) is 2.67. The molecular weight excluding hydrogens is 174 g/mol. The van der Waals surface area contributed by atoms with E-state index in [9.17, 15) is 0 Å². The van der Waals surface area contributed by atoms with E-state index in [1.165, 1.54) is 11.3 Å². The van der Waals surface area contributed by atoms with Crippen LogP contribution in [0, 0.1) is 0 Å². The molecule has 0 N–H and O–H groups in total. The highest BCUT2D eigenvalue weighted by atomic mass is 16.5. The summed E-state index contributed by atoms with van der Waals surface area (Å²) in [4.78, 5) is 2.27. The zero-order valence-corrected chi connectivity index (χ0v) is 8.66. The molecule has 0 unspecified atom stereocenters. The fourth-order valence-corrected chi connectivity index (χ4v) is 2.89. The number of anilines is 1. The Morgan fingerprint density at radius 3 is 3.07 bits per heavy atom. The minimum atomic E-state index is 0.214. The smallest absolute Gasteiger partial charge is 0.139 e. The van der Waals surface area contributed by atoms with Gasteiger partial charge in [-0.1, -0.05) is 25.1 Å². The van der Waals surface area contributed by atoms with E-state index in [1.54, 1.807) is 0 Å². The third-order valence-corrected chi connectivity index (χ3v) is 3.69. The first-order chi connectivity index (χ1) is 6.73. The van der Waals surface area contributed by atoms with Crippen LogP contribution in [0.25, 0.3) is 0 Å². The molecule has 0 aromatic heterocycles. The summed E-state index contributed by atoms with van der Waals surface area (Å²) in [6.07, 6.45) is 1.39. The number of fused-ring (bicyclic) bond motifs is 3. The van der Waals surface area contributed by atoms with Gasteiger partial charge < -0.3 is 9.64 Å². The van der Waals surface area contributed by atoms with Crippen molar-refractivity contribution in [2.24, 2.45) is 0 Å². The molecule has 1 fully saturated rings. The summed E-state index contributed by atoms with van der Waals surface area (Å²) in [6.45, 7) is 3.20.